The monoisotopic (exact) mass is 416 g/mol. The second-order valence-corrected chi connectivity index (χ2v) is 8.31. The van der Waals surface area contributed by atoms with E-state index in [1.807, 2.05) is 54.6 Å². The number of carbonyl (C=O) groups excluding carboxylic acids is 1. The van der Waals surface area contributed by atoms with Crippen molar-refractivity contribution < 1.29 is 9.53 Å². The van der Waals surface area contributed by atoms with Crippen molar-refractivity contribution in [1.82, 2.24) is 4.98 Å². The van der Waals surface area contributed by atoms with Crippen molar-refractivity contribution in [1.29, 1.82) is 0 Å². The predicted molar refractivity (Wildman–Crippen MR) is 124 cm³/mol. The van der Waals surface area contributed by atoms with E-state index in [0.29, 0.717) is 11.7 Å². The Kier molecular flexibility index (Phi) is 6.10. The van der Waals surface area contributed by atoms with E-state index in [2.05, 4.69) is 42.3 Å². The molecule has 0 saturated heterocycles. The second kappa shape index (κ2) is 9.09. The van der Waals surface area contributed by atoms with Gasteiger partial charge in [-0.3, -0.25) is 4.79 Å². The Morgan fingerprint density at radius 3 is 2.63 bits per heavy atom. The van der Waals surface area contributed by atoms with Crippen LogP contribution in [-0.2, 0) is 4.79 Å². The number of benzene rings is 3. The third-order valence-corrected chi connectivity index (χ3v) is 6.20. The smallest absolute Gasteiger partial charge is 0.262 e. The molecule has 0 bridgehead atoms. The van der Waals surface area contributed by atoms with Crippen LogP contribution in [0.3, 0.4) is 0 Å². The number of aromatic nitrogens is 1. The first-order chi connectivity index (χ1) is 14.6. The highest BCUT2D eigenvalue weighted by molar-refractivity contribution is 7.21. The molecule has 0 aliphatic rings. The lowest BCUT2D eigenvalue weighted by molar-refractivity contribution is -0.118. The van der Waals surface area contributed by atoms with Gasteiger partial charge in [-0.25, -0.2) is 4.98 Å². The zero-order valence-electron chi connectivity index (χ0n) is 17.1. The summed E-state index contributed by atoms with van der Waals surface area (Å²) in [6.45, 7) is 4.34. The van der Waals surface area contributed by atoms with E-state index in [1.54, 1.807) is 11.3 Å². The molecule has 4 aromatic rings. The molecular weight excluding hydrogens is 392 g/mol. The molecule has 1 N–H and O–H groups in total. The zero-order valence-corrected chi connectivity index (χ0v) is 17.9. The van der Waals surface area contributed by atoms with Gasteiger partial charge >= 0.3 is 0 Å². The van der Waals surface area contributed by atoms with Gasteiger partial charge in [-0.15, -0.1) is 11.3 Å². The van der Waals surface area contributed by atoms with Crippen LogP contribution in [0.1, 0.15) is 31.7 Å². The fourth-order valence-corrected chi connectivity index (χ4v) is 4.16. The van der Waals surface area contributed by atoms with Gasteiger partial charge in [0.25, 0.3) is 5.91 Å². The maximum Gasteiger partial charge on any atom is 0.262 e. The molecule has 0 saturated carbocycles. The Morgan fingerprint density at radius 1 is 1.07 bits per heavy atom. The number of nitrogens with zero attached hydrogens (tertiary/aromatic N) is 1. The molecule has 1 aromatic heterocycles. The summed E-state index contributed by atoms with van der Waals surface area (Å²) < 4.78 is 6.79. The van der Waals surface area contributed by atoms with Gasteiger partial charge in [0.05, 0.1) is 10.2 Å². The average Bonchev–Trinajstić information content (AvgIpc) is 3.22. The maximum absolute atomic E-state index is 12.3. The minimum absolute atomic E-state index is 0.0337. The number of amides is 1. The Balaban J connectivity index is 1.38. The van der Waals surface area contributed by atoms with Crippen LogP contribution in [0.4, 0.5) is 5.69 Å². The maximum atomic E-state index is 12.3. The molecule has 0 aliphatic heterocycles. The first-order valence-corrected chi connectivity index (χ1v) is 10.9. The Hall–Kier alpha value is -3.18. The standard InChI is InChI=1S/C25H24N2O2S/c1-3-17(2)18-11-13-21(14-12-18)29-16-24(28)26-20-8-6-7-19(15-20)25-27-22-9-4-5-10-23(22)30-25/h4-15,17H,3,16H2,1-2H3,(H,26,28)/t17-/m0/s1. The predicted octanol–water partition coefficient (Wildman–Crippen LogP) is 6.49. The summed E-state index contributed by atoms with van der Waals surface area (Å²) in [4.78, 5) is 17.0. The molecule has 3 aromatic carbocycles. The summed E-state index contributed by atoms with van der Waals surface area (Å²) in [6, 6.07) is 23.8. The number of fused-ring (bicyclic) bond motifs is 1. The normalized spacial score (nSPS) is 11.9. The van der Waals surface area contributed by atoms with Crippen molar-refractivity contribution in [3.8, 4) is 16.3 Å². The van der Waals surface area contributed by atoms with Crippen LogP contribution in [0, 0.1) is 0 Å². The molecule has 0 unspecified atom stereocenters. The number of hydrogen-bond donors (Lipinski definition) is 1. The summed E-state index contributed by atoms with van der Waals surface area (Å²) in [5.74, 6) is 1.02. The van der Waals surface area contributed by atoms with E-state index in [4.69, 9.17) is 4.74 Å². The molecule has 0 fully saturated rings. The molecule has 1 atom stereocenters. The molecule has 0 radical (unpaired) electrons. The molecule has 152 valence electrons. The summed E-state index contributed by atoms with van der Waals surface area (Å²) >= 11 is 1.64. The Labute approximate surface area is 180 Å². The van der Waals surface area contributed by atoms with Crippen LogP contribution in [0.15, 0.2) is 72.8 Å². The molecular formula is C25H24N2O2S. The van der Waals surface area contributed by atoms with Crippen molar-refractivity contribution in [2.75, 3.05) is 11.9 Å². The largest absolute Gasteiger partial charge is 0.484 e. The topological polar surface area (TPSA) is 51.2 Å². The number of rotatable bonds is 7. The van der Waals surface area contributed by atoms with Crippen molar-refractivity contribution in [2.45, 2.75) is 26.2 Å². The molecule has 4 rings (SSSR count). The summed E-state index contributed by atoms with van der Waals surface area (Å²) in [7, 11) is 0. The van der Waals surface area contributed by atoms with E-state index in [-0.39, 0.29) is 12.5 Å². The van der Waals surface area contributed by atoms with E-state index in [9.17, 15) is 4.79 Å². The highest BCUT2D eigenvalue weighted by Gasteiger charge is 2.09. The minimum atomic E-state index is -0.192. The molecule has 1 amide bonds. The summed E-state index contributed by atoms with van der Waals surface area (Å²) in [5.41, 5.74) is 3.98. The van der Waals surface area contributed by atoms with Crippen LogP contribution < -0.4 is 10.1 Å². The van der Waals surface area contributed by atoms with E-state index in [1.165, 1.54) is 5.56 Å². The number of anilines is 1. The number of para-hydroxylation sites is 1. The lowest BCUT2D eigenvalue weighted by Crippen LogP contribution is -2.20. The van der Waals surface area contributed by atoms with E-state index in [0.717, 1.165) is 32.9 Å². The van der Waals surface area contributed by atoms with Crippen molar-refractivity contribution >= 4 is 33.1 Å². The van der Waals surface area contributed by atoms with Gasteiger partial charge in [0.15, 0.2) is 6.61 Å². The molecule has 5 heteroatoms. The first-order valence-electron chi connectivity index (χ1n) is 10.1. The molecule has 0 spiro atoms. The van der Waals surface area contributed by atoms with Gasteiger partial charge in [0.1, 0.15) is 10.8 Å². The van der Waals surface area contributed by atoms with E-state index >= 15 is 0 Å². The number of hydrogen-bond acceptors (Lipinski definition) is 4. The van der Waals surface area contributed by atoms with Crippen molar-refractivity contribution in [2.24, 2.45) is 0 Å². The highest BCUT2D eigenvalue weighted by Crippen LogP contribution is 2.31. The van der Waals surface area contributed by atoms with Gasteiger partial charge in [-0.1, -0.05) is 50.2 Å². The van der Waals surface area contributed by atoms with Crippen LogP contribution in [0.2, 0.25) is 0 Å². The number of thiazole rings is 1. The molecule has 0 aliphatic carbocycles. The number of nitrogens with one attached hydrogen (secondary N) is 1. The second-order valence-electron chi connectivity index (χ2n) is 7.28. The SMILES string of the molecule is CC[C@H](C)c1ccc(OCC(=O)Nc2cccc(-c3nc4ccccc4s3)c2)cc1. The lowest BCUT2D eigenvalue weighted by Gasteiger charge is -2.11. The van der Waals surface area contributed by atoms with E-state index < -0.39 is 0 Å². The van der Waals surface area contributed by atoms with Crippen LogP contribution in [0.25, 0.3) is 20.8 Å². The molecule has 30 heavy (non-hydrogen) atoms. The van der Waals surface area contributed by atoms with Gasteiger partial charge in [0.2, 0.25) is 0 Å². The third kappa shape index (κ3) is 4.69. The van der Waals surface area contributed by atoms with Crippen LogP contribution in [-0.4, -0.2) is 17.5 Å². The minimum Gasteiger partial charge on any atom is -0.484 e. The molecule has 4 nitrogen and oxygen atoms in total. The van der Waals surface area contributed by atoms with Gasteiger partial charge in [0, 0.05) is 11.3 Å². The van der Waals surface area contributed by atoms with Gasteiger partial charge < -0.3 is 10.1 Å². The Bertz CT molecular complexity index is 1120. The first kappa shape index (κ1) is 20.1. The fraction of sp³-hybridized carbons (Fsp3) is 0.200. The summed E-state index contributed by atoms with van der Waals surface area (Å²) in [5, 5.41) is 3.84. The quantitative estimate of drug-likeness (QED) is 0.374. The zero-order chi connectivity index (χ0) is 20.9. The Morgan fingerprint density at radius 2 is 1.87 bits per heavy atom. The van der Waals surface area contributed by atoms with Crippen molar-refractivity contribution in [3.63, 3.8) is 0 Å². The lowest BCUT2D eigenvalue weighted by atomic mass is 9.99. The van der Waals surface area contributed by atoms with Gasteiger partial charge in [-0.2, -0.15) is 0 Å². The van der Waals surface area contributed by atoms with Crippen LogP contribution in [0.5, 0.6) is 5.75 Å². The third-order valence-electron chi connectivity index (χ3n) is 5.12. The number of ether oxygens (including phenoxy) is 1. The fourth-order valence-electron chi connectivity index (χ4n) is 3.20. The number of carbonyl (C=O) groups is 1. The molecule has 1 heterocycles. The van der Waals surface area contributed by atoms with Gasteiger partial charge in [-0.05, 0) is 54.3 Å². The van der Waals surface area contributed by atoms with Crippen LogP contribution >= 0.6 is 11.3 Å². The summed E-state index contributed by atoms with van der Waals surface area (Å²) in [6.07, 6.45) is 1.10. The average molecular weight is 417 g/mol. The van der Waals surface area contributed by atoms with Crippen molar-refractivity contribution in [3.05, 3.63) is 78.4 Å². The highest BCUT2D eigenvalue weighted by atomic mass is 32.1.